The number of rotatable bonds is 8. The van der Waals surface area contributed by atoms with Gasteiger partial charge in [0.15, 0.2) is 11.6 Å². The Kier molecular flexibility index (Phi) is 6.26. The van der Waals surface area contributed by atoms with Crippen molar-refractivity contribution in [2.45, 2.75) is 25.0 Å². The number of hydrogen-bond donors (Lipinski definition) is 2. The molecule has 192 valence electrons. The maximum Gasteiger partial charge on any atom is 0.204 e. The van der Waals surface area contributed by atoms with Crippen molar-refractivity contribution in [2.75, 3.05) is 20.6 Å². The summed E-state index contributed by atoms with van der Waals surface area (Å²) in [6, 6.07) is 20.6. The highest BCUT2D eigenvalue weighted by Gasteiger charge is 2.41. The summed E-state index contributed by atoms with van der Waals surface area (Å²) in [4.78, 5) is 6.90. The Labute approximate surface area is 219 Å². The second-order valence-corrected chi connectivity index (χ2v) is 9.72. The summed E-state index contributed by atoms with van der Waals surface area (Å²) in [6.45, 7) is 1.41. The lowest BCUT2D eigenvalue weighted by molar-refractivity contribution is -0.0140. The Morgan fingerprint density at radius 2 is 1.68 bits per heavy atom. The second-order valence-electron chi connectivity index (χ2n) is 9.72. The third kappa shape index (κ3) is 4.48. The van der Waals surface area contributed by atoms with Crippen LogP contribution in [0.2, 0.25) is 0 Å². The van der Waals surface area contributed by atoms with Gasteiger partial charge in [-0.1, -0.05) is 48.5 Å². The molecule has 0 aliphatic carbocycles. The molecule has 38 heavy (non-hydrogen) atoms. The number of tetrazole rings is 1. The molecule has 0 spiro atoms. The lowest BCUT2D eigenvalue weighted by Crippen LogP contribution is -2.28. The van der Waals surface area contributed by atoms with Gasteiger partial charge in [-0.3, -0.25) is 5.10 Å². The minimum atomic E-state index is -0.609. The third-order valence-corrected chi connectivity index (χ3v) is 6.96. The smallest absolute Gasteiger partial charge is 0.204 e. The first-order valence-electron chi connectivity index (χ1n) is 12.5. The minimum absolute atomic E-state index is 0.254. The topological polar surface area (TPSA) is 108 Å². The predicted octanol–water partition coefficient (Wildman–Crippen LogP) is 4.57. The first-order chi connectivity index (χ1) is 18.5. The molecule has 3 heterocycles. The molecule has 0 bridgehead atoms. The molecule has 0 radical (unpaired) electrons. The number of nitrogens with one attached hydrogen (secondary N) is 2. The number of benzene rings is 3. The molecule has 1 atom stereocenters. The van der Waals surface area contributed by atoms with Gasteiger partial charge in [0, 0.05) is 16.7 Å². The Hall–Kier alpha value is -4.28. The number of ether oxygens (including phenoxy) is 1. The van der Waals surface area contributed by atoms with Crippen LogP contribution in [0.5, 0.6) is 0 Å². The van der Waals surface area contributed by atoms with Gasteiger partial charge in [-0.25, -0.2) is 9.37 Å². The lowest BCUT2D eigenvalue weighted by Gasteiger charge is -2.31. The lowest BCUT2D eigenvalue weighted by atomic mass is 9.81. The summed E-state index contributed by atoms with van der Waals surface area (Å²) in [5, 5.41) is 21.6. The van der Waals surface area contributed by atoms with Crippen LogP contribution in [0, 0.1) is 5.82 Å². The summed E-state index contributed by atoms with van der Waals surface area (Å²) in [6.07, 6.45) is 1.75. The van der Waals surface area contributed by atoms with Gasteiger partial charge in [0.05, 0.1) is 6.61 Å². The highest BCUT2D eigenvalue weighted by atomic mass is 19.1. The fourth-order valence-electron chi connectivity index (χ4n) is 5.06. The van der Waals surface area contributed by atoms with E-state index in [2.05, 4.69) is 61.9 Å². The molecule has 0 unspecified atom stereocenters. The standard InChI is InChI=1S/C28H27FN8O/c1-37(2)15-3-14-28(22-9-11-23(29)12-10-22)24-13-8-20(16-21(24)17-38-28)26-30-25(31-32-26)18-4-6-19(7-5-18)27-33-35-36-34-27/h4-13,16H,3,14-15,17H2,1-2H3,(H,30,31,32)(H,33,34,35,36)/t28-/m0/s1. The number of hydrogen-bond acceptors (Lipinski definition) is 7. The average molecular weight is 511 g/mol. The summed E-state index contributed by atoms with van der Waals surface area (Å²) < 4.78 is 20.2. The van der Waals surface area contributed by atoms with Crippen LogP contribution in [-0.4, -0.2) is 61.3 Å². The molecule has 6 rings (SSSR count). The van der Waals surface area contributed by atoms with Gasteiger partial charge in [-0.05, 0) is 73.6 Å². The van der Waals surface area contributed by atoms with Crippen LogP contribution in [0.15, 0.2) is 66.7 Å². The minimum Gasteiger partial charge on any atom is -0.361 e. The van der Waals surface area contributed by atoms with Crippen molar-refractivity contribution in [1.29, 1.82) is 0 Å². The van der Waals surface area contributed by atoms with E-state index in [1.807, 2.05) is 42.5 Å². The normalized spacial score (nSPS) is 16.7. The molecule has 5 aromatic rings. The largest absolute Gasteiger partial charge is 0.361 e. The van der Waals surface area contributed by atoms with Crippen LogP contribution in [0.4, 0.5) is 4.39 Å². The van der Waals surface area contributed by atoms with E-state index in [9.17, 15) is 4.39 Å². The first kappa shape index (κ1) is 24.1. The second kappa shape index (κ2) is 9.88. The van der Waals surface area contributed by atoms with E-state index in [1.54, 1.807) is 0 Å². The van der Waals surface area contributed by atoms with Crippen LogP contribution in [-0.2, 0) is 16.9 Å². The summed E-state index contributed by atoms with van der Waals surface area (Å²) in [5.74, 6) is 1.56. The van der Waals surface area contributed by atoms with E-state index < -0.39 is 5.60 Å². The van der Waals surface area contributed by atoms with Crippen molar-refractivity contribution in [3.8, 4) is 34.2 Å². The highest BCUT2D eigenvalue weighted by Crippen LogP contribution is 2.46. The van der Waals surface area contributed by atoms with Crippen molar-refractivity contribution in [3.05, 3.63) is 89.2 Å². The van der Waals surface area contributed by atoms with Gasteiger partial charge >= 0.3 is 0 Å². The van der Waals surface area contributed by atoms with Crippen molar-refractivity contribution in [3.63, 3.8) is 0 Å². The molecule has 0 fully saturated rings. The van der Waals surface area contributed by atoms with Gasteiger partial charge < -0.3 is 9.64 Å². The Morgan fingerprint density at radius 1 is 0.921 bits per heavy atom. The van der Waals surface area contributed by atoms with Gasteiger partial charge in [0.2, 0.25) is 5.82 Å². The van der Waals surface area contributed by atoms with Gasteiger partial charge in [0.1, 0.15) is 11.4 Å². The van der Waals surface area contributed by atoms with E-state index in [0.29, 0.717) is 24.1 Å². The number of halogens is 1. The van der Waals surface area contributed by atoms with E-state index in [4.69, 9.17) is 9.72 Å². The molecule has 2 N–H and O–H groups in total. The van der Waals surface area contributed by atoms with Crippen LogP contribution < -0.4 is 0 Å². The Balaban J connectivity index is 1.28. The van der Waals surface area contributed by atoms with Crippen LogP contribution in [0.3, 0.4) is 0 Å². The van der Waals surface area contributed by atoms with Crippen LogP contribution in [0.1, 0.15) is 29.5 Å². The number of fused-ring (bicyclic) bond motifs is 1. The zero-order chi connectivity index (χ0) is 26.1. The van der Waals surface area contributed by atoms with Crippen molar-refractivity contribution < 1.29 is 9.13 Å². The zero-order valence-electron chi connectivity index (χ0n) is 21.1. The quantitative estimate of drug-likeness (QED) is 0.315. The average Bonchev–Trinajstić information content (AvgIpc) is 3.70. The van der Waals surface area contributed by atoms with Gasteiger partial charge in [-0.15, -0.1) is 10.2 Å². The van der Waals surface area contributed by atoms with E-state index in [0.717, 1.165) is 52.8 Å². The molecule has 0 saturated carbocycles. The van der Waals surface area contributed by atoms with Crippen molar-refractivity contribution in [1.82, 2.24) is 40.7 Å². The van der Waals surface area contributed by atoms with E-state index in [-0.39, 0.29) is 5.82 Å². The third-order valence-electron chi connectivity index (χ3n) is 6.96. The van der Waals surface area contributed by atoms with Crippen molar-refractivity contribution in [2.24, 2.45) is 0 Å². The molecule has 0 saturated heterocycles. The number of H-pyrrole nitrogens is 2. The number of nitrogens with zero attached hydrogens (tertiary/aromatic N) is 6. The SMILES string of the molecule is CN(C)CCC[C@@]1(c2ccc(F)cc2)OCc2cc(-c3n[nH]c(-c4ccc(-c5nn[nH]n5)cc4)n3)ccc21. The molecule has 10 heteroatoms. The molecule has 3 aromatic carbocycles. The van der Waals surface area contributed by atoms with Crippen molar-refractivity contribution >= 4 is 0 Å². The molecule has 0 amide bonds. The molecular formula is C28H27FN8O. The highest BCUT2D eigenvalue weighted by molar-refractivity contribution is 5.66. The predicted molar refractivity (Wildman–Crippen MR) is 140 cm³/mol. The molecule has 9 nitrogen and oxygen atoms in total. The molecular weight excluding hydrogens is 483 g/mol. The van der Waals surface area contributed by atoms with Gasteiger partial charge in [-0.2, -0.15) is 10.3 Å². The fourth-order valence-corrected chi connectivity index (χ4v) is 5.06. The Morgan fingerprint density at radius 3 is 2.42 bits per heavy atom. The number of aromatic amines is 2. The summed E-state index contributed by atoms with van der Waals surface area (Å²) >= 11 is 0. The van der Waals surface area contributed by atoms with E-state index >= 15 is 0 Å². The van der Waals surface area contributed by atoms with Gasteiger partial charge in [0.25, 0.3) is 0 Å². The fraction of sp³-hybridized carbons (Fsp3) is 0.250. The maximum atomic E-state index is 13.7. The Bertz CT molecular complexity index is 1530. The van der Waals surface area contributed by atoms with E-state index in [1.165, 1.54) is 12.1 Å². The summed E-state index contributed by atoms with van der Waals surface area (Å²) in [7, 11) is 4.13. The molecule has 2 aromatic heterocycles. The summed E-state index contributed by atoms with van der Waals surface area (Å²) in [5.41, 5.74) is 5.22. The number of aromatic nitrogens is 7. The monoisotopic (exact) mass is 510 g/mol. The first-order valence-corrected chi connectivity index (χ1v) is 12.5. The molecule has 1 aliphatic heterocycles. The van der Waals surface area contributed by atoms with Crippen LogP contribution >= 0.6 is 0 Å². The zero-order valence-corrected chi connectivity index (χ0v) is 21.1. The molecule has 1 aliphatic rings. The van der Waals surface area contributed by atoms with Crippen LogP contribution in [0.25, 0.3) is 34.2 Å². The maximum absolute atomic E-state index is 13.7.